The van der Waals surface area contributed by atoms with Crippen molar-refractivity contribution in [1.29, 1.82) is 0 Å². The van der Waals surface area contributed by atoms with Gasteiger partial charge >= 0.3 is 11.5 Å². The fourth-order valence-electron chi connectivity index (χ4n) is 2.41. The van der Waals surface area contributed by atoms with E-state index >= 15 is 0 Å². The lowest BCUT2D eigenvalue weighted by Gasteiger charge is -2.06. The fraction of sp³-hybridized carbons (Fsp3) is 0.167. The Labute approximate surface area is 148 Å². The topological polar surface area (TPSA) is 106 Å². The lowest BCUT2D eigenvalue weighted by molar-refractivity contribution is -0.873. The third-order valence-corrected chi connectivity index (χ3v) is 3.59. The fourth-order valence-corrected chi connectivity index (χ4v) is 2.41. The molecule has 2 aromatic heterocycles. The summed E-state index contributed by atoms with van der Waals surface area (Å²) in [5, 5.41) is 0.602. The summed E-state index contributed by atoms with van der Waals surface area (Å²) in [6, 6.07) is 11.4. The second-order valence-corrected chi connectivity index (χ2v) is 6.04. The normalized spacial score (nSPS) is 10.9. The maximum absolute atomic E-state index is 12.2. The molecule has 0 saturated carbocycles. The van der Waals surface area contributed by atoms with E-state index in [1.807, 2.05) is 14.1 Å². The number of quaternary nitrogens is 1. The first-order chi connectivity index (χ1) is 12.4. The first-order valence-corrected chi connectivity index (χ1v) is 7.95. The van der Waals surface area contributed by atoms with Crippen LogP contribution >= 0.6 is 0 Å². The number of benzene rings is 1. The van der Waals surface area contributed by atoms with Crippen molar-refractivity contribution in [2.75, 3.05) is 14.1 Å². The molecular weight excluding hydrogens is 338 g/mol. The van der Waals surface area contributed by atoms with Crippen molar-refractivity contribution >= 4 is 22.8 Å². The molecule has 8 heteroatoms. The predicted octanol–water partition coefficient (Wildman–Crippen LogP) is 0.105. The highest BCUT2D eigenvalue weighted by Gasteiger charge is 2.17. The molecule has 26 heavy (non-hydrogen) atoms. The Bertz CT molecular complexity index is 1020. The van der Waals surface area contributed by atoms with E-state index in [4.69, 9.17) is 8.83 Å². The Morgan fingerprint density at radius 1 is 1.00 bits per heavy atom. The molecule has 1 aromatic carbocycles. The number of hydrazine groups is 1. The summed E-state index contributed by atoms with van der Waals surface area (Å²) in [5.41, 5.74) is 3.79. The van der Waals surface area contributed by atoms with Gasteiger partial charge < -0.3 is 13.7 Å². The molecule has 0 aliphatic heterocycles. The number of carbonyl (C=O) groups excluding carboxylic acids is 2. The molecule has 0 saturated heterocycles. The van der Waals surface area contributed by atoms with Crippen LogP contribution < -0.4 is 21.4 Å². The molecule has 0 aliphatic carbocycles. The quantitative estimate of drug-likeness (QED) is 0.454. The van der Waals surface area contributed by atoms with Gasteiger partial charge in [0.2, 0.25) is 0 Å². The molecule has 134 valence electrons. The molecule has 2 heterocycles. The monoisotopic (exact) mass is 356 g/mol. The van der Waals surface area contributed by atoms with Crippen molar-refractivity contribution in [2.24, 2.45) is 0 Å². The van der Waals surface area contributed by atoms with Crippen molar-refractivity contribution < 1.29 is 23.3 Å². The number of furan rings is 1. The van der Waals surface area contributed by atoms with Crippen LogP contribution in [-0.4, -0.2) is 25.9 Å². The SMILES string of the molecule is C[NH+](C)Cc1ccc(C(=O)NNC(=O)c2cc3ccccc3oc2=O)o1. The molecule has 2 amide bonds. The zero-order valence-corrected chi connectivity index (χ0v) is 14.3. The van der Waals surface area contributed by atoms with Gasteiger partial charge in [-0.2, -0.15) is 0 Å². The molecule has 8 nitrogen and oxygen atoms in total. The number of fused-ring (bicyclic) bond motifs is 1. The molecule has 0 bridgehead atoms. The average Bonchev–Trinajstić information content (AvgIpc) is 3.06. The minimum atomic E-state index is -0.787. The van der Waals surface area contributed by atoms with Crippen molar-refractivity contribution in [3.63, 3.8) is 0 Å². The molecule has 0 atom stereocenters. The third-order valence-electron chi connectivity index (χ3n) is 3.59. The molecule has 0 fully saturated rings. The van der Waals surface area contributed by atoms with Gasteiger partial charge in [-0.3, -0.25) is 20.4 Å². The van der Waals surface area contributed by atoms with Crippen LogP contribution in [-0.2, 0) is 6.54 Å². The van der Waals surface area contributed by atoms with E-state index in [1.54, 1.807) is 30.3 Å². The number of nitrogens with one attached hydrogen (secondary N) is 3. The molecular formula is C18H18N3O5+. The van der Waals surface area contributed by atoms with Gasteiger partial charge in [0.15, 0.2) is 11.5 Å². The molecule has 3 N–H and O–H groups in total. The molecule has 0 aliphatic rings. The van der Waals surface area contributed by atoms with Gasteiger partial charge in [0.05, 0.1) is 14.1 Å². The van der Waals surface area contributed by atoms with Crippen molar-refractivity contribution in [1.82, 2.24) is 10.9 Å². The summed E-state index contributed by atoms with van der Waals surface area (Å²) in [6.07, 6.45) is 0. The zero-order valence-electron chi connectivity index (χ0n) is 14.3. The minimum Gasteiger partial charge on any atom is -0.450 e. The van der Waals surface area contributed by atoms with Gasteiger partial charge in [0, 0.05) is 5.39 Å². The number of amides is 2. The lowest BCUT2D eigenvalue weighted by Crippen LogP contribution is -3.04. The molecule has 3 aromatic rings. The summed E-state index contributed by atoms with van der Waals surface area (Å²) < 4.78 is 10.5. The van der Waals surface area contributed by atoms with E-state index in [0.29, 0.717) is 23.3 Å². The van der Waals surface area contributed by atoms with Crippen LogP contribution in [0.5, 0.6) is 0 Å². The lowest BCUT2D eigenvalue weighted by atomic mass is 10.2. The first-order valence-electron chi connectivity index (χ1n) is 7.95. The maximum Gasteiger partial charge on any atom is 0.349 e. The Morgan fingerprint density at radius 3 is 2.50 bits per heavy atom. The number of rotatable bonds is 4. The average molecular weight is 356 g/mol. The number of carbonyl (C=O) groups is 2. The van der Waals surface area contributed by atoms with E-state index in [-0.39, 0.29) is 11.3 Å². The highest BCUT2D eigenvalue weighted by molar-refractivity contribution is 5.99. The molecule has 3 rings (SSSR count). The van der Waals surface area contributed by atoms with Crippen LogP contribution in [0.2, 0.25) is 0 Å². The van der Waals surface area contributed by atoms with E-state index in [1.165, 1.54) is 12.1 Å². The van der Waals surface area contributed by atoms with E-state index in [9.17, 15) is 14.4 Å². The van der Waals surface area contributed by atoms with Gasteiger partial charge in [0.25, 0.3) is 5.91 Å². The summed E-state index contributed by atoms with van der Waals surface area (Å²) in [4.78, 5) is 37.3. The minimum absolute atomic E-state index is 0.0621. The van der Waals surface area contributed by atoms with Crippen LogP contribution in [0.25, 0.3) is 11.0 Å². The Morgan fingerprint density at radius 2 is 1.73 bits per heavy atom. The van der Waals surface area contributed by atoms with E-state index < -0.39 is 17.4 Å². The Balaban J connectivity index is 1.68. The van der Waals surface area contributed by atoms with Gasteiger partial charge in [-0.05, 0) is 24.3 Å². The van der Waals surface area contributed by atoms with Crippen LogP contribution in [0.4, 0.5) is 0 Å². The van der Waals surface area contributed by atoms with Gasteiger partial charge in [0.1, 0.15) is 17.7 Å². The molecule has 0 unspecified atom stereocenters. The van der Waals surface area contributed by atoms with Crippen LogP contribution in [0, 0.1) is 0 Å². The van der Waals surface area contributed by atoms with E-state index in [0.717, 1.165) is 4.90 Å². The number of hydrogen-bond donors (Lipinski definition) is 3. The van der Waals surface area contributed by atoms with Crippen LogP contribution in [0.1, 0.15) is 26.7 Å². The predicted molar refractivity (Wildman–Crippen MR) is 92.6 cm³/mol. The highest BCUT2D eigenvalue weighted by atomic mass is 16.4. The number of para-hydroxylation sites is 1. The third kappa shape index (κ3) is 3.81. The maximum atomic E-state index is 12.2. The largest absolute Gasteiger partial charge is 0.450 e. The van der Waals surface area contributed by atoms with Crippen molar-refractivity contribution in [2.45, 2.75) is 6.54 Å². The first kappa shape index (κ1) is 17.4. The Hall–Kier alpha value is -3.39. The summed E-state index contributed by atoms with van der Waals surface area (Å²) >= 11 is 0. The zero-order chi connectivity index (χ0) is 18.7. The second kappa shape index (κ2) is 7.24. The molecule has 0 radical (unpaired) electrons. The molecule has 0 spiro atoms. The van der Waals surface area contributed by atoms with Crippen molar-refractivity contribution in [3.8, 4) is 0 Å². The summed E-state index contributed by atoms with van der Waals surface area (Å²) in [5.74, 6) is -0.686. The summed E-state index contributed by atoms with van der Waals surface area (Å²) in [6.45, 7) is 0.623. The van der Waals surface area contributed by atoms with Crippen LogP contribution in [0.15, 0.2) is 56.1 Å². The Kier molecular flexibility index (Phi) is 4.85. The summed E-state index contributed by atoms with van der Waals surface area (Å²) in [7, 11) is 3.91. The highest BCUT2D eigenvalue weighted by Crippen LogP contribution is 2.12. The number of hydrogen-bond acceptors (Lipinski definition) is 5. The standard InChI is InChI=1S/C18H17N3O5/c1-21(2)10-12-7-8-15(25-12)17(23)20-19-16(22)13-9-11-5-3-4-6-14(11)26-18(13)24/h3-9H,10H2,1-2H3,(H,19,22)(H,20,23)/p+1. The smallest absolute Gasteiger partial charge is 0.349 e. The van der Waals surface area contributed by atoms with Gasteiger partial charge in [-0.25, -0.2) is 4.79 Å². The van der Waals surface area contributed by atoms with Crippen molar-refractivity contribution in [3.05, 3.63) is 70.0 Å². The van der Waals surface area contributed by atoms with E-state index in [2.05, 4.69) is 10.9 Å². The van der Waals surface area contributed by atoms with Gasteiger partial charge in [-0.1, -0.05) is 18.2 Å². The van der Waals surface area contributed by atoms with Crippen LogP contribution in [0.3, 0.4) is 0 Å². The van der Waals surface area contributed by atoms with Gasteiger partial charge in [-0.15, -0.1) is 0 Å². The second-order valence-electron chi connectivity index (χ2n) is 6.04.